The predicted octanol–water partition coefficient (Wildman–Crippen LogP) is 5.41. The Kier molecular flexibility index (Phi) is 4.70. The molecule has 3 heterocycles. The van der Waals surface area contributed by atoms with Crippen LogP contribution in [0.4, 0.5) is 0 Å². The second kappa shape index (κ2) is 8.01. The number of benzene rings is 3. The molecule has 6 rings (SSSR count). The maximum absolute atomic E-state index is 4.77. The number of para-hydroxylation sites is 1. The van der Waals surface area contributed by atoms with Crippen molar-refractivity contribution in [1.82, 2.24) is 19.1 Å². The maximum atomic E-state index is 4.77. The highest BCUT2D eigenvalue weighted by atomic mass is 15.1. The van der Waals surface area contributed by atoms with Crippen molar-refractivity contribution in [3.8, 4) is 22.8 Å². The molecule has 4 nitrogen and oxygen atoms in total. The van der Waals surface area contributed by atoms with Crippen LogP contribution in [0, 0.1) is 0 Å². The Balaban J connectivity index is 1.64. The van der Waals surface area contributed by atoms with Crippen molar-refractivity contribution >= 4 is 34.5 Å². The first-order valence-corrected chi connectivity index (χ1v) is 11.2. The predicted molar refractivity (Wildman–Crippen MR) is 141 cm³/mol. The Labute approximate surface area is 197 Å². The molecule has 3 aromatic heterocycles. The van der Waals surface area contributed by atoms with E-state index in [1.807, 2.05) is 60.9 Å². The second-order valence-electron chi connectivity index (χ2n) is 8.14. The minimum absolute atomic E-state index is 0.732. The molecule has 0 aliphatic rings. The van der Waals surface area contributed by atoms with Gasteiger partial charge in [-0.05, 0) is 24.3 Å². The first kappa shape index (κ1) is 19.9. The second-order valence-corrected chi connectivity index (χ2v) is 8.14. The Hall–Kier alpha value is -4.70. The van der Waals surface area contributed by atoms with Crippen LogP contribution in [0.2, 0.25) is 0 Å². The molecule has 0 aliphatic heterocycles. The summed E-state index contributed by atoms with van der Waals surface area (Å²) >= 11 is 0. The summed E-state index contributed by atoms with van der Waals surface area (Å²) in [5.41, 5.74) is 5.15. The van der Waals surface area contributed by atoms with E-state index >= 15 is 0 Å². The summed E-state index contributed by atoms with van der Waals surface area (Å²) in [5.74, 6) is 0.732. The summed E-state index contributed by atoms with van der Waals surface area (Å²) in [6.45, 7) is 8.39. The molecule has 0 saturated carbocycles. The Morgan fingerprint density at radius 1 is 0.794 bits per heavy atom. The van der Waals surface area contributed by atoms with Crippen molar-refractivity contribution in [2.45, 2.75) is 0 Å². The standard InChI is InChI=1S/C30H22N4/c1-3-10-25-21(2)34(28-20-31-26(19-32-28)22-11-6-4-7-12-22)27-16-15-23-17-18-33(30(23)29(25)27)24-13-8-5-9-14-24/h3-20H,1-2H2. The van der Waals surface area contributed by atoms with E-state index < -0.39 is 0 Å². The Bertz CT molecular complexity index is 1760. The Morgan fingerprint density at radius 3 is 2.26 bits per heavy atom. The summed E-state index contributed by atoms with van der Waals surface area (Å²) in [7, 11) is 0. The van der Waals surface area contributed by atoms with Crippen LogP contribution in [0.5, 0.6) is 0 Å². The molecule has 0 saturated heterocycles. The van der Waals surface area contributed by atoms with Gasteiger partial charge in [0, 0.05) is 38.8 Å². The van der Waals surface area contributed by atoms with Gasteiger partial charge in [0.25, 0.3) is 0 Å². The fraction of sp³-hybridized carbons (Fsp3) is 0. The highest BCUT2D eigenvalue weighted by Gasteiger charge is 2.16. The van der Waals surface area contributed by atoms with E-state index in [1.54, 1.807) is 0 Å². The average molecular weight is 439 g/mol. The third-order valence-corrected chi connectivity index (χ3v) is 6.18. The highest BCUT2D eigenvalue weighted by Crippen LogP contribution is 2.28. The topological polar surface area (TPSA) is 35.6 Å². The molecule has 34 heavy (non-hydrogen) atoms. The normalized spacial score (nSPS) is 11.9. The van der Waals surface area contributed by atoms with Crippen molar-refractivity contribution in [1.29, 1.82) is 0 Å². The summed E-state index contributed by atoms with van der Waals surface area (Å²) < 4.78 is 4.31. The van der Waals surface area contributed by atoms with Gasteiger partial charge in [-0.2, -0.15) is 0 Å². The summed E-state index contributed by atoms with van der Waals surface area (Å²) in [6.07, 6.45) is 9.58. The first-order valence-electron chi connectivity index (χ1n) is 11.2. The van der Waals surface area contributed by atoms with Crippen LogP contribution in [-0.4, -0.2) is 19.1 Å². The molecule has 0 N–H and O–H groups in total. The van der Waals surface area contributed by atoms with Gasteiger partial charge in [-0.3, -0.25) is 9.55 Å². The highest BCUT2D eigenvalue weighted by molar-refractivity contribution is 6.07. The molecule has 0 fully saturated rings. The summed E-state index contributed by atoms with van der Waals surface area (Å²) in [5, 5.41) is 4.16. The summed E-state index contributed by atoms with van der Waals surface area (Å²) in [4.78, 5) is 9.47. The zero-order valence-corrected chi connectivity index (χ0v) is 18.6. The molecule has 0 radical (unpaired) electrons. The number of nitrogens with zero attached hydrogens (tertiary/aromatic N) is 4. The summed E-state index contributed by atoms with van der Waals surface area (Å²) in [6, 6.07) is 26.9. The van der Waals surface area contributed by atoms with E-state index in [-0.39, 0.29) is 0 Å². The number of hydrogen-bond donors (Lipinski definition) is 0. The molecule has 0 amide bonds. The van der Waals surface area contributed by atoms with E-state index in [2.05, 4.69) is 71.0 Å². The molecule has 4 heteroatoms. The van der Waals surface area contributed by atoms with Crippen LogP contribution in [0.1, 0.15) is 0 Å². The van der Waals surface area contributed by atoms with Crippen molar-refractivity contribution in [3.05, 3.63) is 121 Å². The number of hydrogen-bond acceptors (Lipinski definition) is 2. The van der Waals surface area contributed by atoms with Crippen LogP contribution >= 0.6 is 0 Å². The van der Waals surface area contributed by atoms with Gasteiger partial charge in [-0.25, -0.2) is 4.98 Å². The van der Waals surface area contributed by atoms with Gasteiger partial charge < -0.3 is 4.57 Å². The lowest BCUT2D eigenvalue weighted by molar-refractivity contribution is 0.984. The number of aromatic nitrogens is 4. The molecule has 6 aromatic rings. The molecular formula is C30H22N4. The molecule has 0 unspecified atom stereocenters. The van der Waals surface area contributed by atoms with Crippen molar-refractivity contribution in [2.75, 3.05) is 0 Å². The number of allylic oxidation sites excluding steroid dienone is 1. The van der Waals surface area contributed by atoms with Crippen LogP contribution < -0.4 is 10.6 Å². The molecular weight excluding hydrogens is 416 g/mol. The molecule has 162 valence electrons. The molecule has 3 aromatic carbocycles. The van der Waals surface area contributed by atoms with Crippen LogP contribution in [-0.2, 0) is 0 Å². The van der Waals surface area contributed by atoms with Gasteiger partial charge >= 0.3 is 0 Å². The third-order valence-electron chi connectivity index (χ3n) is 6.18. The van der Waals surface area contributed by atoms with Gasteiger partial charge in [0.15, 0.2) is 5.82 Å². The van der Waals surface area contributed by atoms with Gasteiger partial charge in [0.05, 0.1) is 29.1 Å². The van der Waals surface area contributed by atoms with Crippen LogP contribution in [0.25, 0.3) is 57.2 Å². The minimum atomic E-state index is 0.732. The lowest BCUT2D eigenvalue weighted by Crippen LogP contribution is -2.27. The fourth-order valence-electron chi connectivity index (χ4n) is 4.64. The SMILES string of the molecule is C=CC=c1c(=C)n(-c2cnc(-c3ccccc3)cn2)c2ccc3ccn(-c4ccccc4)c3c12. The number of rotatable bonds is 4. The van der Waals surface area contributed by atoms with E-state index in [1.165, 1.54) is 0 Å². The monoisotopic (exact) mass is 438 g/mol. The van der Waals surface area contributed by atoms with E-state index in [4.69, 9.17) is 9.97 Å². The third kappa shape index (κ3) is 3.08. The largest absolute Gasteiger partial charge is 0.316 e. The smallest absolute Gasteiger partial charge is 0.156 e. The van der Waals surface area contributed by atoms with Gasteiger partial charge in [0.1, 0.15) is 0 Å². The number of fused-ring (bicyclic) bond motifs is 3. The van der Waals surface area contributed by atoms with Crippen molar-refractivity contribution in [3.63, 3.8) is 0 Å². The average Bonchev–Trinajstić information content (AvgIpc) is 3.44. The zero-order chi connectivity index (χ0) is 23.1. The van der Waals surface area contributed by atoms with Crippen LogP contribution in [0.3, 0.4) is 0 Å². The van der Waals surface area contributed by atoms with E-state index in [9.17, 15) is 0 Å². The van der Waals surface area contributed by atoms with E-state index in [0.29, 0.717) is 0 Å². The maximum Gasteiger partial charge on any atom is 0.156 e. The van der Waals surface area contributed by atoms with Crippen LogP contribution in [0.15, 0.2) is 110 Å². The van der Waals surface area contributed by atoms with Gasteiger partial charge in [0.2, 0.25) is 0 Å². The lowest BCUT2D eigenvalue weighted by atomic mass is 10.1. The van der Waals surface area contributed by atoms with Gasteiger partial charge in [-0.1, -0.05) is 79.9 Å². The molecule has 0 bridgehead atoms. The van der Waals surface area contributed by atoms with E-state index in [0.717, 1.165) is 55.1 Å². The van der Waals surface area contributed by atoms with Crippen molar-refractivity contribution in [2.24, 2.45) is 0 Å². The molecule has 0 aliphatic carbocycles. The fourth-order valence-corrected chi connectivity index (χ4v) is 4.64. The quantitative estimate of drug-likeness (QED) is 0.369. The zero-order valence-electron chi connectivity index (χ0n) is 18.6. The lowest BCUT2D eigenvalue weighted by Gasteiger charge is -2.08. The minimum Gasteiger partial charge on any atom is -0.316 e. The van der Waals surface area contributed by atoms with Gasteiger partial charge in [-0.15, -0.1) is 0 Å². The Morgan fingerprint density at radius 2 is 1.56 bits per heavy atom. The molecule has 0 spiro atoms. The first-order chi connectivity index (χ1) is 16.8. The molecule has 0 atom stereocenters. The van der Waals surface area contributed by atoms with Crippen molar-refractivity contribution < 1.29 is 0 Å².